The lowest BCUT2D eigenvalue weighted by atomic mass is 9.62. The summed E-state index contributed by atoms with van der Waals surface area (Å²) in [5.74, 6) is 0. The summed E-state index contributed by atoms with van der Waals surface area (Å²) in [4.78, 5) is 2.65. The van der Waals surface area contributed by atoms with E-state index in [2.05, 4.69) is 157 Å². The molecule has 3 heteroatoms. The van der Waals surface area contributed by atoms with Gasteiger partial charge in [-0.05, 0) is 103 Å². The second-order valence-corrected chi connectivity index (χ2v) is 19.8. The predicted octanol–water partition coefficient (Wildman–Crippen LogP) is 10.4. The standard InChI is InChI=1S/C48H35NSSi/c1-12-26-48(27-13-1)38-18-6-7-19-40(38)49(41-30-43-37(29-39(41)48)32-14-2-8-20-42(32)50-43)31-24-25-36-35-17-5-11-23-46(35)51(47(36)28-31)44-21-9-3-15-33(44)34-16-4-10-22-45(34)51/h2-11,14-25,28-30H,1,12-13,26-27H2. The number of fused-ring (bicyclic) bond motifs is 17. The Kier molecular flexibility index (Phi) is 5.69. The molecule has 0 saturated heterocycles. The maximum atomic E-state index is 2.65. The molecule has 0 amide bonds. The van der Waals surface area contributed by atoms with Crippen molar-refractivity contribution in [3.63, 3.8) is 0 Å². The third-order valence-corrected chi connectivity index (χ3v) is 18.9. The number of nitrogens with zero attached hydrogens (tertiary/aromatic N) is 1. The summed E-state index contributed by atoms with van der Waals surface area (Å²) in [7, 11) is -2.56. The molecule has 12 rings (SSSR count). The minimum Gasteiger partial charge on any atom is -0.310 e. The predicted molar refractivity (Wildman–Crippen MR) is 219 cm³/mol. The summed E-state index contributed by atoms with van der Waals surface area (Å²) in [5, 5.41) is 8.91. The van der Waals surface area contributed by atoms with E-state index >= 15 is 0 Å². The topological polar surface area (TPSA) is 3.24 Å². The quantitative estimate of drug-likeness (QED) is 0.156. The van der Waals surface area contributed by atoms with Crippen molar-refractivity contribution < 1.29 is 0 Å². The van der Waals surface area contributed by atoms with E-state index in [0.717, 1.165) is 0 Å². The van der Waals surface area contributed by atoms with Crippen LogP contribution in [0.15, 0.2) is 152 Å². The Morgan fingerprint density at radius 2 is 1.06 bits per heavy atom. The Morgan fingerprint density at radius 1 is 0.451 bits per heavy atom. The fourth-order valence-corrected chi connectivity index (χ4v) is 17.6. The highest BCUT2D eigenvalue weighted by molar-refractivity contribution is 7.26. The largest absolute Gasteiger partial charge is 0.310 e. The van der Waals surface area contributed by atoms with Crippen LogP contribution in [0.25, 0.3) is 42.4 Å². The summed E-state index contributed by atoms with van der Waals surface area (Å²) < 4.78 is 2.75. The fourth-order valence-electron chi connectivity index (χ4n) is 10.9. The monoisotopic (exact) mass is 685 g/mol. The zero-order chi connectivity index (χ0) is 33.3. The smallest absolute Gasteiger partial charge is 0.182 e. The maximum absolute atomic E-state index is 2.65. The number of rotatable bonds is 1. The van der Waals surface area contributed by atoms with Gasteiger partial charge in [0.1, 0.15) is 0 Å². The Morgan fingerprint density at radius 3 is 1.78 bits per heavy atom. The molecule has 2 spiro atoms. The van der Waals surface area contributed by atoms with Crippen molar-refractivity contribution in [2.24, 2.45) is 0 Å². The second kappa shape index (κ2) is 10.2. The zero-order valence-electron chi connectivity index (χ0n) is 28.3. The molecule has 1 aliphatic carbocycles. The first-order chi connectivity index (χ1) is 25.3. The summed E-state index contributed by atoms with van der Waals surface area (Å²) >= 11 is 1.94. The van der Waals surface area contributed by atoms with Gasteiger partial charge in [0.2, 0.25) is 0 Å². The summed E-state index contributed by atoms with van der Waals surface area (Å²) in [6, 6.07) is 58.9. The number of para-hydroxylation sites is 1. The van der Waals surface area contributed by atoms with E-state index in [1.165, 1.54) is 123 Å². The average molecular weight is 686 g/mol. The van der Waals surface area contributed by atoms with E-state index in [1.807, 2.05) is 11.3 Å². The molecule has 0 radical (unpaired) electrons. The van der Waals surface area contributed by atoms with Crippen LogP contribution in [0.1, 0.15) is 43.2 Å². The van der Waals surface area contributed by atoms with Crippen LogP contribution >= 0.6 is 11.3 Å². The first-order valence-corrected chi connectivity index (χ1v) is 21.4. The van der Waals surface area contributed by atoms with E-state index in [-0.39, 0.29) is 5.41 Å². The van der Waals surface area contributed by atoms with Gasteiger partial charge in [0, 0.05) is 31.3 Å². The Labute approximate surface area is 303 Å². The molecule has 8 aromatic rings. The molecule has 0 unspecified atom stereocenters. The highest BCUT2D eigenvalue weighted by Gasteiger charge is 2.54. The number of thiophene rings is 1. The fraction of sp³-hybridized carbons (Fsp3) is 0.125. The summed E-state index contributed by atoms with van der Waals surface area (Å²) in [6.45, 7) is 0. The van der Waals surface area contributed by atoms with Crippen molar-refractivity contribution in [2.45, 2.75) is 37.5 Å². The Hall–Kier alpha value is -5.22. The van der Waals surface area contributed by atoms with Crippen LogP contribution < -0.4 is 25.6 Å². The highest BCUT2D eigenvalue weighted by Crippen LogP contribution is 2.59. The van der Waals surface area contributed by atoms with Gasteiger partial charge < -0.3 is 4.90 Å². The Bertz CT molecular complexity index is 2700. The van der Waals surface area contributed by atoms with Gasteiger partial charge in [0.15, 0.2) is 8.07 Å². The van der Waals surface area contributed by atoms with E-state index in [0.29, 0.717) is 0 Å². The van der Waals surface area contributed by atoms with Crippen LogP contribution in [0.2, 0.25) is 0 Å². The maximum Gasteiger partial charge on any atom is 0.182 e. The second-order valence-electron chi connectivity index (χ2n) is 15.1. The van der Waals surface area contributed by atoms with E-state index in [1.54, 1.807) is 0 Å². The van der Waals surface area contributed by atoms with Gasteiger partial charge in [-0.2, -0.15) is 0 Å². The molecule has 1 fully saturated rings. The van der Waals surface area contributed by atoms with Gasteiger partial charge in [0.25, 0.3) is 0 Å². The summed E-state index contributed by atoms with van der Waals surface area (Å²) in [5.41, 5.74) is 12.7. The first kappa shape index (κ1) is 28.5. The molecule has 1 aromatic heterocycles. The van der Waals surface area contributed by atoms with Gasteiger partial charge in [0.05, 0.1) is 11.4 Å². The van der Waals surface area contributed by atoms with Gasteiger partial charge in [-0.1, -0.05) is 135 Å². The van der Waals surface area contributed by atoms with Crippen LogP contribution in [0, 0.1) is 0 Å². The lowest BCUT2D eigenvalue weighted by Gasteiger charge is -2.47. The zero-order valence-corrected chi connectivity index (χ0v) is 30.1. The van der Waals surface area contributed by atoms with Crippen LogP contribution in [0.4, 0.5) is 17.1 Å². The molecule has 4 aliphatic rings. The molecule has 3 aliphatic heterocycles. The van der Waals surface area contributed by atoms with Gasteiger partial charge >= 0.3 is 0 Å². The van der Waals surface area contributed by atoms with Gasteiger partial charge in [-0.15, -0.1) is 11.3 Å². The molecule has 7 aromatic carbocycles. The van der Waals surface area contributed by atoms with Crippen LogP contribution in [-0.2, 0) is 5.41 Å². The van der Waals surface area contributed by atoms with Crippen molar-refractivity contribution in [2.75, 3.05) is 4.90 Å². The van der Waals surface area contributed by atoms with Crippen molar-refractivity contribution >= 4 is 77.4 Å². The minimum atomic E-state index is -2.56. The molecule has 0 atom stereocenters. The van der Waals surface area contributed by atoms with Gasteiger partial charge in [-0.3, -0.25) is 0 Å². The normalized spacial score (nSPS) is 16.9. The number of hydrogen-bond donors (Lipinski definition) is 0. The molecule has 4 heterocycles. The van der Waals surface area contributed by atoms with Crippen molar-refractivity contribution in [3.8, 4) is 22.3 Å². The van der Waals surface area contributed by atoms with E-state index in [4.69, 9.17) is 0 Å². The Balaban J connectivity index is 1.17. The lowest BCUT2D eigenvalue weighted by molar-refractivity contribution is 0.344. The molecule has 242 valence electrons. The number of hydrogen-bond acceptors (Lipinski definition) is 2. The minimum absolute atomic E-state index is 0.0319. The SMILES string of the molecule is c1ccc2c(c1)-c1ccccc1[Si]21c2ccccc2-c2ccc(N3c4ccccc4C4(CCCCC4)c4cc5c(cc43)sc3ccccc35)cc21. The van der Waals surface area contributed by atoms with Crippen LogP contribution in [0.5, 0.6) is 0 Å². The third-order valence-electron chi connectivity index (χ3n) is 12.9. The van der Waals surface area contributed by atoms with E-state index in [9.17, 15) is 0 Å². The van der Waals surface area contributed by atoms with Crippen molar-refractivity contribution in [3.05, 3.63) is 163 Å². The van der Waals surface area contributed by atoms with Gasteiger partial charge in [-0.25, -0.2) is 0 Å². The lowest BCUT2D eigenvalue weighted by Crippen LogP contribution is -2.70. The molecule has 1 nitrogen and oxygen atoms in total. The van der Waals surface area contributed by atoms with Crippen molar-refractivity contribution in [1.82, 2.24) is 0 Å². The van der Waals surface area contributed by atoms with Crippen molar-refractivity contribution in [1.29, 1.82) is 0 Å². The molecule has 1 saturated carbocycles. The molecular weight excluding hydrogens is 651 g/mol. The number of anilines is 3. The first-order valence-electron chi connectivity index (χ1n) is 18.6. The molecule has 51 heavy (non-hydrogen) atoms. The van der Waals surface area contributed by atoms with Crippen LogP contribution in [0.3, 0.4) is 0 Å². The molecular formula is C48H35NSSi. The molecule has 0 bridgehead atoms. The average Bonchev–Trinajstić information content (AvgIpc) is 3.81. The number of benzene rings is 7. The van der Waals surface area contributed by atoms with E-state index < -0.39 is 8.07 Å². The van der Waals surface area contributed by atoms with Crippen LogP contribution in [-0.4, -0.2) is 8.07 Å². The highest BCUT2D eigenvalue weighted by atomic mass is 32.1. The summed E-state index contributed by atoms with van der Waals surface area (Å²) in [6.07, 6.45) is 6.30. The molecule has 0 N–H and O–H groups in total. The third kappa shape index (κ3) is 3.51.